The SMILES string of the molecule is O=C(Nc1ccc(Cl)cc1)N1CCC2(CCNC2)CC1. The quantitative estimate of drug-likeness (QED) is 0.836. The lowest BCUT2D eigenvalue weighted by Crippen LogP contribution is -2.45. The molecule has 2 aliphatic rings. The van der Waals surface area contributed by atoms with Gasteiger partial charge in [0, 0.05) is 30.3 Å². The summed E-state index contributed by atoms with van der Waals surface area (Å²) in [6.45, 7) is 3.93. The minimum Gasteiger partial charge on any atom is -0.324 e. The number of rotatable bonds is 1. The van der Waals surface area contributed by atoms with Crippen LogP contribution in [0.3, 0.4) is 0 Å². The van der Waals surface area contributed by atoms with Gasteiger partial charge in [0.2, 0.25) is 0 Å². The lowest BCUT2D eigenvalue weighted by atomic mass is 9.78. The fraction of sp³-hybridized carbons (Fsp3) is 0.533. The number of carbonyl (C=O) groups is 1. The van der Waals surface area contributed by atoms with Gasteiger partial charge in [0.05, 0.1) is 0 Å². The number of nitrogens with one attached hydrogen (secondary N) is 2. The van der Waals surface area contributed by atoms with Crippen molar-refractivity contribution in [2.45, 2.75) is 19.3 Å². The van der Waals surface area contributed by atoms with Crippen LogP contribution in [0.25, 0.3) is 0 Å². The van der Waals surface area contributed by atoms with E-state index in [1.54, 1.807) is 12.1 Å². The molecule has 2 aliphatic heterocycles. The summed E-state index contributed by atoms with van der Waals surface area (Å²) in [6, 6.07) is 7.21. The number of hydrogen-bond acceptors (Lipinski definition) is 2. The smallest absolute Gasteiger partial charge is 0.321 e. The van der Waals surface area contributed by atoms with Crippen LogP contribution in [-0.4, -0.2) is 37.1 Å². The van der Waals surface area contributed by atoms with Gasteiger partial charge in [-0.25, -0.2) is 4.79 Å². The number of benzene rings is 1. The van der Waals surface area contributed by atoms with Crippen LogP contribution in [-0.2, 0) is 0 Å². The molecule has 0 atom stereocenters. The third kappa shape index (κ3) is 2.91. The number of anilines is 1. The summed E-state index contributed by atoms with van der Waals surface area (Å²) in [5.41, 5.74) is 1.24. The van der Waals surface area contributed by atoms with Crippen molar-refractivity contribution in [1.29, 1.82) is 0 Å². The molecule has 2 N–H and O–H groups in total. The number of carbonyl (C=O) groups excluding carboxylic acids is 1. The number of nitrogens with zero attached hydrogens (tertiary/aromatic N) is 1. The molecule has 0 saturated carbocycles. The largest absolute Gasteiger partial charge is 0.324 e. The molecule has 0 aliphatic carbocycles. The zero-order valence-corrected chi connectivity index (χ0v) is 12.2. The highest BCUT2D eigenvalue weighted by Gasteiger charge is 2.37. The molecule has 0 radical (unpaired) electrons. The van der Waals surface area contributed by atoms with E-state index >= 15 is 0 Å². The normalized spacial score (nSPS) is 21.1. The third-order valence-electron chi connectivity index (χ3n) is 4.54. The van der Waals surface area contributed by atoms with Crippen molar-refractivity contribution in [1.82, 2.24) is 10.2 Å². The minimum atomic E-state index is -0.00636. The van der Waals surface area contributed by atoms with Gasteiger partial charge in [-0.1, -0.05) is 11.6 Å². The van der Waals surface area contributed by atoms with Crippen LogP contribution in [0.4, 0.5) is 10.5 Å². The minimum absolute atomic E-state index is 0.00636. The number of piperidine rings is 1. The first-order chi connectivity index (χ1) is 9.67. The van der Waals surface area contributed by atoms with Crippen molar-refractivity contribution in [3.8, 4) is 0 Å². The second-order valence-electron chi connectivity index (χ2n) is 5.85. The average molecular weight is 294 g/mol. The van der Waals surface area contributed by atoms with Crippen molar-refractivity contribution in [3.63, 3.8) is 0 Å². The zero-order chi connectivity index (χ0) is 14.0. The van der Waals surface area contributed by atoms with Crippen LogP contribution < -0.4 is 10.6 Å². The first-order valence-electron chi connectivity index (χ1n) is 7.19. The second kappa shape index (κ2) is 5.62. The molecule has 2 saturated heterocycles. The zero-order valence-electron chi connectivity index (χ0n) is 11.5. The maximum atomic E-state index is 12.2. The van der Waals surface area contributed by atoms with Crippen LogP contribution in [0.5, 0.6) is 0 Å². The molecule has 1 spiro atoms. The Bertz CT molecular complexity index is 472. The molecule has 108 valence electrons. The fourth-order valence-electron chi connectivity index (χ4n) is 3.14. The summed E-state index contributed by atoms with van der Waals surface area (Å²) in [7, 11) is 0. The molecule has 5 heteroatoms. The standard InChI is InChI=1S/C15H20ClN3O/c16-12-1-3-13(4-2-12)18-14(20)19-9-6-15(7-10-19)5-8-17-11-15/h1-4,17H,5-11H2,(H,18,20). The van der Waals surface area contributed by atoms with Gasteiger partial charge in [-0.3, -0.25) is 0 Å². The molecule has 3 rings (SSSR count). The first kappa shape index (κ1) is 13.7. The van der Waals surface area contributed by atoms with Crippen LogP contribution in [0.15, 0.2) is 24.3 Å². The summed E-state index contributed by atoms with van der Waals surface area (Å²) < 4.78 is 0. The summed E-state index contributed by atoms with van der Waals surface area (Å²) in [5.74, 6) is 0. The van der Waals surface area contributed by atoms with Gasteiger partial charge >= 0.3 is 6.03 Å². The van der Waals surface area contributed by atoms with E-state index in [2.05, 4.69) is 10.6 Å². The van der Waals surface area contributed by atoms with E-state index in [9.17, 15) is 4.79 Å². The van der Waals surface area contributed by atoms with E-state index in [0.29, 0.717) is 10.4 Å². The first-order valence-corrected chi connectivity index (χ1v) is 7.57. The molecular weight excluding hydrogens is 274 g/mol. The Hall–Kier alpha value is -1.26. The molecule has 2 heterocycles. The Labute approximate surface area is 124 Å². The van der Waals surface area contributed by atoms with Crippen molar-refractivity contribution >= 4 is 23.3 Å². The molecule has 1 aromatic carbocycles. The highest BCUT2D eigenvalue weighted by atomic mass is 35.5. The Kier molecular flexibility index (Phi) is 3.85. The van der Waals surface area contributed by atoms with E-state index in [1.807, 2.05) is 17.0 Å². The number of amides is 2. The van der Waals surface area contributed by atoms with Crippen LogP contribution in [0, 0.1) is 5.41 Å². The molecule has 2 amide bonds. The highest BCUT2D eigenvalue weighted by Crippen LogP contribution is 2.36. The van der Waals surface area contributed by atoms with E-state index in [0.717, 1.165) is 44.7 Å². The number of likely N-dealkylation sites (tertiary alicyclic amines) is 1. The predicted molar refractivity (Wildman–Crippen MR) is 81.2 cm³/mol. The number of hydrogen-bond donors (Lipinski definition) is 2. The summed E-state index contributed by atoms with van der Waals surface area (Å²) in [6.07, 6.45) is 3.46. The Morgan fingerprint density at radius 3 is 2.50 bits per heavy atom. The van der Waals surface area contributed by atoms with Gasteiger partial charge in [-0.15, -0.1) is 0 Å². The summed E-state index contributed by atoms with van der Waals surface area (Å²) in [5, 5.41) is 7.05. The Morgan fingerprint density at radius 1 is 1.20 bits per heavy atom. The molecule has 1 aromatic rings. The van der Waals surface area contributed by atoms with E-state index in [-0.39, 0.29) is 6.03 Å². The molecule has 0 bridgehead atoms. The topological polar surface area (TPSA) is 44.4 Å². The van der Waals surface area contributed by atoms with E-state index in [1.165, 1.54) is 6.42 Å². The average Bonchev–Trinajstić information content (AvgIpc) is 2.90. The summed E-state index contributed by atoms with van der Waals surface area (Å²) in [4.78, 5) is 14.1. The van der Waals surface area contributed by atoms with Crippen LogP contribution >= 0.6 is 11.6 Å². The third-order valence-corrected chi connectivity index (χ3v) is 4.79. The van der Waals surface area contributed by atoms with Crippen LogP contribution in [0.1, 0.15) is 19.3 Å². The monoisotopic (exact) mass is 293 g/mol. The Morgan fingerprint density at radius 2 is 1.90 bits per heavy atom. The molecule has 0 aromatic heterocycles. The van der Waals surface area contributed by atoms with Crippen molar-refractivity contribution < 1.29 is 4.79 Å². The van der Waals surface area contributed by atoms with Crippen molar-refractivity contribution in [3.05, 3.63) is 29.3 Å². The van der Waals surface area contributed by atoms with Crippen LogP contribution in [0.2, 0.25) is 5.02 Å². The fourth-order valence-corrected chi connectivity index (χ4v) is 3.27. The predicted octanol–water partition coefficient (Wildman–Crippen LogP) is 2.95. The van der Waals surface area contributed by atoms with Gasteiger partial charge in [0.1, 0.15) is 0 Å². The van der Waals surface area contributed by atoms with Gasteiger partial charge in [0.15, 0.2) is 0 Å². The van der Waals surface area contributed by atoms with Gasteiger partial charge < -0.3 is 15.5 Å². The number of halogens is 1. The Balaban J connectivity index is 1.55. The lowest BCUT2D eigenvalue weighted by Gasteiger charge is -2.38. The van der Waals surface area contributed by atoms with Gasteiger partial charge in [0.25, 0.3) is 0 Å². The van der Waals surface area contributed by atoms with E-state index in [4.69, 9.17) is 11.6 Å². The lowest BCUT2D eigenvalue weighted by molar-refractivity contribution is 0.137. The van der Waals surface area contributed by atoms with Gasteiger partial charge in [-0.2, -0.15) is 0 Å². The maximum absolute atomic E-state index is 12.2. The molecule has 4 nitrogen and oxygen atoms in total. The molecular formula is C15H20ClN3O. The molecule has 20 heavy (non-hydrogen) atoms. The van der Waals surface area contributed by atoms with Crippen molar-refractivity contribution in [2.24, 2.45) is 5.41 Å². The molecule has 0 unspecified atom stereocenters. The highest BCUT2D eigenvalue weighted by molar-refractivity contribution is 6.30. The second-order valence-corrected chi connectivity index (χ2v) is 6.29. The summed E-state index contributed by atoms with van der Waals surface area (Å²) >= 11 is 5.84. The van der Waals surface area contributed by atoms with Crippen molar-refractivity contribution in [2.75, 3.05) is 31.5 Å². The van der Waals surface area contributed by atoms with E-state index < -0.39 is 0 Å². The molecule has 2 fully saturated rings. The number of urea groups is 1. The van der Waals surface area contributed by atoms with Gasteiger partial charge in [-0.05, 0) is 55.5 Å². The maximum Gasteiger partial charge on any atom is 0.321 e.